The zero-order valence-corrected chi connectivity index (χ0v) is 12.6. The lowest BCUT2D eigenvalue weighted by molar-refractivity contribution is 0.296. The third-order valence-electron chi connectivity index (χ3n) is 2.64. The summed E-state index contributed by atoms with van der Waals surface area (Å²) >= 11 is 0. The van der Waals surface area contributed by atoms with Crippen molar-refractivity contribution in [1.82, 2.24) is 0 Å². The van der Waals surface area contributed by atoms with E-state index in [0.717, 1.165) is 11.1 Å². The highest BCUT2D eigenvalue weighted by Gasteiger charge is 2.22. The van der Waals surface area contributed by atoms with E-state index in [2.05, 4.69) is 11.5 Å². The average molecular weight is 301 g/mol. The van der Waals surface area contributed by atoms with Crippen LogP contribution in [0, 0.1) is 19.3 Å². The summed E-state index contributed by atoms with van der Waals surface area (Å²) in [6, 6.07) is 14.9. The first kappa shape index (κ1) is 17.4. The Kier molecular flexibility index (Phi) is 6.78. The number of hydrogen-bond acceptors (Lipinski definition) is 4. The van der Waals surface area contributed by atoms with Gasteiger partial charge in [0.15, 0.2) is 5.96 Å². The average Bonchev–Trinajstić information content (AvgIpc) is 2.43. The van der Waals surface area contributed by atoms with E-state index in [9.17, 15) is 5.02 Å². The topological polar surface area (TPSA) is 115 Å². The van der Waals surface area contributed by atoms with Crippen molar-refractivity contribution in [2.24, 2.45) is 11.5 Å². The first-order valence-corrected chi connectivity index (χ1v) is 6.62. The predicted molar refractivity (Wildman–Crippen MR) is 87.7 cm³/mol. The van der Waals surface area contributed by atoms with Gasteiger partial charge in [0.25, 0.3) is 0 Å². The van der Waals surface area contributed by atoms with Crippen molar-refractivity contribution in [3.05, 3.63) is 59.7 Å². The molecule has 0 atom stereocenters. The Morgan fingerprint density at radius 1 is 0.909 bits per heavy atom. The molecule has 116 valence electrons. The van der Waals surface area contributed by atoms with Crippen LogP contribution in [0.3, 0.4) is 0 Å². The second-order valence-electron chi connectivity index (χ2n) is 4.53. The van der Waals surface area contributed by atoms with Crippen LogP contribution < -0.4 is 20.8 Å². The molecule has 22 heavy (non-hydrogen) atoms. The molecule has 0 spiro atoms. The summed E-state index contributed by atoms with van der Waals surface area (Å²) in [5.74, 6) is 0.886. The lowest BCUT2D eigenvalue weighted by Crippen LogP contribution is -2.30. The Morgan fingerprint density at radius 3 is 1.55 bits per heavy atom. The van der Waals surface area contributed by atoms with Gasteiger partial charge in [-0.3, -0.25) is 5.41 Å². The van der Waals surface area contributed by atoms with Gasteiger partial charge in [-0.05, 0) is 37.1 Å². The minimum Gasteiger partial charge on any atom is -0.501 e. The molecule has 0 aromatic heterocycles. The third-order valence-corrected chi connectivity index (χ3v) is 2.64. The van der Waals surface area contributed by atoms with Gasteiger partial charge < -0.3 is 25.8 Å². The van der Waals surface area contributed by atoms with E-state index in [1.165, 1.54) is 0 Å². The second kappa shape index (κ2) is 8.58. The van der Waals surface area contributed by atoms with Crippen LogP contribution in [0.5, 0.6) is 11.5 Å². The standard InChI is InChI=1S/C14H15BO3.CH5N3/c1-11-7-3-5-9-13(11)17-15(16)18-14-10-6-4-8-12(14)2;2-1(3)4/h3-10,16H,1-2H3;(H5,2,3,4). The number of benzene rings is 2. The third kappa shape index (κ3) is 6.19. The molecule has 7 heteroatoms. The number of aryl methyl sites for hydroxylation is 2. The van der Waals surface area contributed by atoms with E-state index >= 15 is 0 Å². The summed E-state index contributed by atoms with van der Waals surface area (Å²) < 4.78 is 10.7. The van der Waals surface area contributed by atoms with Crippen molar-refractivity contribution < 1.29 is 14.3 Å². The zero-order valence-electron chi connectivity index (χ0n) is 12.6. The van der Waals surface area contributed by atoms with Crippen LogP contribution in [0.15, 0.2) is 48.5 Å². The Morgan fingerprint density at radius 2 is 1.23 bits per heavy atom. The molecule has 2 aromatic rings. The highest BCUT2D eigenvalue weighted by Crippen LogP contribution is 2.20. The predicted octanol–water partition coefficient (Wildman–Crippen LogP) is 1.58. The van der Waals surface area contributed by atoms with E-state index in [1.54, 1.807) is 12.1 Å². The molecule has 0 bridgehead atoms. The molecule has 0 saturated carbocycles. The van der Waals surface area contributed by atoms with E-state index in [1.807, 2.05) is 50.2 Å². The number of hydrogen-bond donors (Lipinski definition) is 4. The summed E-state index contributed by atoms with van der Waals surface area (Å²) in [6.45, 7) is 3.83. The molecule has 0 aliphatic rings. The summed E-state index contributed by atoms with van der Waals surface area (Å²) in [5, 5.41) is 15.8. The maximum absolute atomic E-state index is 9.76. The Hall–Kier alpha value is -2.67. The van der Waals surface area contributed by atoms with Crippen molar-refractivity contribution in [3.8, 4) is 11.5 Å². The quantitative estimate of drug-likeness (QED) is 0.389. The molecule has 0 fully saturated rings. The molecule has 0 heterocycles. The smallest absolute Gasteiger partial charge is 0.501 e. The first-order chi connectivity index (χ1) is 10.4. The fourth-order valence-corrected chi connectivity index (χ4v) is 1.62. The van der Waals surface area contributed by atoms with Gasteiger partial charge in [0, 0.05) is 0 Å². The van der Waals surface area contributed by atoms with Gasteiger partial charge in [-0.2, -0.15) is 0 Å². The van der Waals surface area contributed by atoms with Gasteiger partial charge in [-0.15, -0.1) is 0 Å². The molecule has 0 aliphatic heterocycles. The van der Waals surface area contributed by atoms with Crippen molar-refractivity contribution in [2.45, 2.75) is 13.8 Å². The molecule has 6 nitrogen and oxygen atoms in total. The molecule has 6 N–H and O–H groups in total. The number of para-hydroxylation sites is 2. The van der Waals surface area contributed by atoms with Gasteiger partial charge in [0.2, 0.25) is 0 Å². The Balaban J connectivity index is 0.000000541. The molecule has 0 saturated heterocycles. The van der Waals surface area contributed by atoms with Crippen LogP contribution in [0.2, 0.25) is 0 Å². The molecule has 0 unspecified atom stereocenters. The summed E-state index contributed by atoms with van der Waals surface area (Å²) in [4.78, 5) is 0. The molecular weight excluding hydrogens is 281 g/mol. The number of nitrogens with one attached hydrogen (secondary N) is 1. The fourth-order valence-electron chi connectivity index (χ4n) is 1.62. The Bertz CT molecular complexity index is 571. The minimum absolute atomic E-state index is 0.333. The fraction of sp³-hybridized carbons (Fsp3) is 0.133. The maximum atomic E-state index is 9.76. The van der Waals surface area contributed by atoms with Crippen LogP contribution in [0.4, 0.5) is 0 Å². The lowest BCUT2D eigenvalue weighted by atomic mass is 10.1. The molecule has 2 aromatic carbocycles. The minimum atomic E-state index is -1.31. The molecule has 2 rings (SSSR count). The second-order valence-corrected chi connectivity index (χ2v) is 4.53. The van der Waals surface area contributed by atoms with Crippen molar-refractivity contribution in [1.29, 1.82) is 5.41 Å². The SMILES string of the molecule is Cc1ccccc1OB(O)Oc1ccccc1C.N=C(N)N. The number of guanidine groups is 1. The van der Waals surface area contributed by atoms with Gasteiger partial charge in [0.1, 0.15) is 11.5 Å². The number of rotatable bonds is 4. The van der Waals surface area contributed by atoms with Crippen LogP contribution in [-0.2, 0) is 0 Å². The molecular formula is C15H20BN3O3. The Labute approximate surface area is 130 Å². The highest BCUT2D eigenvalue weighted by molar-refractivity contribution is 6.36. The maximum Gasteiger partial charge on any atom is 0.785 e. The normalized spacial score (nSPS) is 9.23. The van der Waals surface area contributed by atoms with Crippen LogP contribution in [0.1, 0.15) is 11.1 Å². The van der Waals surface area contributed by atoms with Crippen LogP contribution in [0.25, 0.3) is 0 Å². The zero-order chi connectivity index (χ0) is 16.5. The van der Waals surface area contributed by atoms with E-state index in [-0.39, 0.29) is 5.96 Å². The summed E-state index contributed by atoms with van der Waals surface area (Å²) in [5.41, 5.74) is 10.8. The van der Waals surface area contributed by atoms with Gasteiger partial charge >= 0.3 is 7.32 Å². The van der Waals surface area contributed by atoms with E-state index < -0.39 is 7.32 Å². The van der Waals surface area contributed by atoms with Crippen molar-refractivity contribution >= 4 is 13.3 Å². The molecule has 0 radical (unpaired) electrons. The van der Waals surface area contributed by atoms with Crippen molar-refractivity contribution in [2.75, 3.05) is 0 Å². The monoisotopic (exact) mass is 301 g/mol. The molecule has 0 amide bonds. The summed E-state index contributed by atoms with van der Waals surface area (Å²) in [7, 11) is -1.31. The van der Waals surface area contributed by atoms with Crippen LogP contribution in [-0.4, -0.2) is 18.3 Å². The van der Waals surface area contributed by atoms with Gasteiger partial charge in [-0.1, -0.05) is 36.4 Å². The highest BCUT2D eigenvalue weighted by atomic mass is 16.7. The lowest BCUT2D eigenvalue weighted by Gasteiger charge is -2.13. The van der Waals surface area contributed by atoms with E-state index in [4.69, 9.17) is 14.7 Å². The van der Waals surface area contributed by atoms with Gasteiger partial charge in [-0.25, -0.2) is 0 Å². The van der Waals surface area contributed by atoms with Gasteiger partial charge in [0.05, 0.1) is 0 Å². The van der Waals surface area contributed by atoms with Crippen molar-refractivity contribution in [3.63, 3.8) is 0 Å². The number of nitrogens with two attached hydrogens (primary N) is 2. The first-order valence-electron chi connectivity index (χ1n) is 6.62. The summed E-state index contributed by atoms with van der Waals surface area (Å²) in [6.07, 6.45) is 0. The molecule has 0 aliphatic carbocycles. The largest absolute Gasteiger partial charge is 0.785 e. The van der Waals surface area contributed by atoms with Crippen LogP contribution >= 0.6 is 0 Å². The van der Waals surface area contributed by atoms with E-state index in [0.29, 0.717) is 11.5 Å².